The van der Waals surface area contributed by atoms with Crippen molar-refractivity contribution < 1.29 is 4.74 Å². The normalized spacial score (nSPS) is 20.2. The van der Waals surface area contributed by atoms with Crippen LogP contribution >= 0.6 is 0 Å². The molecule has 17 heavy (non-hydrogen) atoms. The molecule has 93 valence electrons. The highest BCUT2D eigenvalue weighted by Gasteiger charge is 2.15. The zero-order valence-electron chi connectivity index (χ0n) is 10.5. The maximum atomic E-state index is 5.64. The molecule has 1 heterocycles. The molecular weight excluding hydrogens is 212 g/mol. The molecule has 1 fully saturated rings. The smallest absolute Gasteiger partial charge is 0.119 e. The molecule has 0 spiro atoms. The molecule has 1 N–H and O–H groups in total. The van der Waals surface area contributed by atoms with Gasteiger partial charge in [0.2, 0.25) is 0 Å². The fourth-order valence-corrected chi connectivity index (χ4v) is 1.95. The van der Waals surface area contributed by atoms with Crippen molar-refractivity contribution in [3.8, 4) is 5.75 Å². The molecule has 2 rings (SSSR count). The van der Waals surface area contributed by atoms with Crippen molar-refractivity contribution in [1.82, 2.24) is 10.6 Å². The van der Waals surface area contributed by atoms with Crippen LogP contribution in [0.1, 0.15) is 31.4 Å². The first-order valence-corrected chi connectivity index (χ1v) is 6.50. The Morgan fingerprint density at radius 2 is 2.18 bits per heavy atom. The van der Waals surface area contributed by atoms with Crippen LogP contribution in [-0.4, -0.2) is 26.2 Å². The van der Waals surface area contributed by atoms with Crippen molar-refractivity contribution in [2.45, 2.75) is 25.8 Å². The van der Waals surface area contributed by atoms with Crippen molar-refractivity contribution in [2.75, 3.05) is 26.2 Å². The van der Waals surface area contributed by atoms with E-state index in [1.807, 2.05) is 0 Å². The number of nitrogens with zero attached hydrogens (tertiary/aromatic N) is 1. The van der Waals surface area contributed by atoms with Gasteiger partial charge in [-0.15, -0.1) is 0 Å². The number of rotatable bonds is 5. The van der Waals surface area contributed by atoms with Crippen molar-refractivity contribution in [2.24, 2.45) is 0 Å². The molecule has 3 heteroatoms. The van der Waals surface area contributed by atoms with Gasteiger partial charge in [-0.2, -0.15) is 0 Å². The summed E-state index contributed by atoms with van der Waals surface area (Å²) in [6.45, 7) is 5.86. The van der Waals surface area contributed by atoms with Crippen LogP contribution in [0.3, 0.4) is 0 Å². The predicted molar refractivity (Wildman–Crippen MR) is 69.5 cm³/mol. The molecular formula is C14H21N2O. The minimum Gasteiger partial charge on any atom is -0.494 e. The molecule has 1 aromatic rings. The predicted octanol–water partition coefficient (Wildman–Crippen LogP) is 2.11. The fourth-order valence-electron chi connectivity index (χ4n) is 1.95. The lowest BCUT2D eigenvalue weighted by Crippen LogP contribution is -2.38. The summed E-state index contributed by atoms with van der Waals surface area (Å²) in [4.78, 5) is 0. The van der Waals surface area contributed by atoms with Gasteiger partial charge in [-0.05, 0) is 24.1 Å². The molecule has 1 radical (unpaired) electrons. The van der Waals surface area contributed by atoms with Gasteiger partial charge in [0, 0.05) is 19.6 Å². The van der Waals surface area contributed by atoms with Crippen LogP contribution in [0, 0.1) is 0 Å². The van der Waals surface area contributed by atoms with E-state index in [4.69, 9.17) is 4.74 Å². The van der Waals surface area contributed by atoms with E-state index in [2.05, 4.69) is 41.8 Å². The van der Waals surface area contributed by atoms with Crippen LogP contribution < -0.4 is 15.4 Å². The molecule has 1 atom stereocenters. The Morgan fingerprint density at radius 3 is 2.82 bits per heavy atom. The number of hydrogen-bond donors (Lipinski definition) is 1. The summed E-state index contributed by atoms with van der Waals surface area (Å²) in [6.07, 6.45) is 2.29. The summed E-state index contributed by atoms with van der Waals surface area (Å²) in [5.41, 5.74) is 1.28. The molecule has 0 saturated carbocycles. The molecule has 0 bridgehead atoms. The van der Waals surface area contributed by atoms with E-state index < -0.39 is 0 Å². The zero-order chi connectivity index (χ0) is 11.9. The minimum atomic E-state index is 0.313. The third-order valence-corrected chi connectivity index (χ3v) is 3.01. The number of piperazine rings is 1. The molecule has 1 aliphatic heterocycles. The van der Waals surface area contributed by atoms with Gasteiger partial charge in [0.1, 0.15) is 5.75 Å². The number of nitrogens with one attached hydrogen (secondary N) is 1. The van der Waals surface area contributed by atoms with Crippen LogP contribution in [0.2, 0.25) is 0 Å². The number of hydrogen-bond acceptors (Lipinski definition) is 2. The van der Waals surface area contributed by atoms with E-state index in [1.165, 1.54) is 12.0 Å². The largest absolute Gasteiger partial charge is 0.494 e. The molecule has 1 unspecified atom stereocenters. The summed E-state index contributed by atoms with van der Waals surface area (Å²) in [5, 5.41) is 7.97. The van der Waals surface area contributed by atoms with Gasteiger partial charge in [-0.3, -0.25) is 0 Å². The van der Waals surface area contributed by atoms with Crippen molar-refractivity contribution in [1.29, 1.82) is 0 Å². The SMILES string of the molecule is CCCCOc1ccc(C2CNCC[N]2)cc1. The quantitative estimate of drug-likeness (QED) is 0.791. The van der Waals surface area contributed by atoms with Gasteiger partial charge in [-0.25, -0.2) is 5.32 Å². The summed E-state index contributed by atoms with van der Waals surface area (Å²) >= 11 is 0. The fraction of sp³-hybridized carbons (Fsp3) is 0.571. The third kappa shape index (κ3) is 3.72. The lowest BCUT2D eigenvalue weighted by Gasteiger charge is -2.23. The second-order valence-corrected chi connectivity index (χ2v) is 4.40. The van der Waals surface area contributed by atoms with Gasteiger partial charge in [-0.1, -0.05) is 25.5 Å². The minimum absolute atomic E-state index is 0.313. The summed E-state index contributed by atoms with van der Waals surface area (Å²) < 4.78 is 5.64. The Bertz CT molecular complexity index is 317. The van der Waals surface area contributed by atoms with E-state index in [0.717, 1.165) is 38.4 Å². The summed E-state index contributed by atoms with van der Waals surface area (Å²) in [6, 6.07) is 8.67. The van der Waals surface area contributed by atoms with Gasteiger partial charge >= 0.3 is 0 Å². The highest BCUT2D eigenvalue weighted by Crippen LogP contribution is 2.19. The first-order chi connectivity index (χ1) is 8.40. The van der Waals surface area contributed by atoms with Gasteiger partial charge in [0.15, 0.2) is 0 Å². The molecule has 1 aromatic carbocycles. The van der Waals surface area contributed by atoms with Crippen LogP contribution in [-0.2, 0) is 0 Å². The monoisotopic (exact) mass is 233 g/mol. The van der Waals surface area contributed by atoms with E-state index in [0.29, 0.717) is 6.04 Å². The average Bonchev–Trinajstić information content (AvgIpc) is 2.41. The maximum Gasteiger partial charge on any atom is 0.119 e. The Kier molecular flexibility index (Phi) is 4.83. The number of benzene rings is 1. The van der Waals surface area contributed by atoms with Gasteiger partial charge in [0.25, 0.3) is 0 Å². The Hall–Kier alpha value is -1.06. The van der Waals surface area contributed by atoms with Crippen LogP contribution in [0.4, 0.5) is 0 Å². The lowest BCUT2D eigenvalue weighted by atomic mass is 10.1. The summed E-state index contributed by atoms with van der Waals surface area (Å²) in [5.74, 6) is 0.964. The third-order valence-electron chi connectivity index (χ3n) is 3.01. The summed E-state index contributed by atoms with van der Waals surface area (Å²) in [7, 11) is 0. The molecule has 1 aliphatic rings. The molecule has 3 nitrogen and oxygen atoms in total. The van der Waals surface area contributed by atoms with Crippen molar-refractivity contribution in [3.63, 3.8) is 0 Å². The second kappa shape index (κ2) is 6.62. The number of ether oxygens (including phenoxy) is 1. The highest BCUT2D eigenvalue weighted by atomic mass is 16.5. The van der Waals surface area contributed by atoms with E-state index in [9.17, 15) is 0 Å². The molecule has 0 aromatic heterocycles. The molecule has 1 saturated heterocycles. The second-order valence-electron chi connectivity index (χ2n) is 4.40. The first-order valence-electron chi connectivity index (χ1n) is 6.50. The molecule has 0 amide bonds. The molecule has 0 aliphatic carbocycles. The maximum absolute atomic E-state index is 5.64. The van der Waals surface area contributed by atoms with Gasteiger partial charge < -0.3 is 10.1 Å². The highest BCUT2D eigenvalue weighted by molar-refractivity contribution is 5.29. The lowest BCUT2D eigenvalue weighted by molar-refractivity contribution is 0.309. The van der Waals surface area contributed by atoms with E-state index in [1.54, 1.807) is 0 Å². The van der Waals surface area contributed by atoms with Crippen molar-refractivity contribution >= 4 is 0 Å². The van der Waals surface area contributed by atoms with Crippen LogP contribution in [0.25, 0.3) is 0 Å². The standard InChI is InChI=1S/C14H21N2O/c1-2-3-10-17-13-6-4-12(5-7-13)14-11-15-8-9-16-14/h4-7,14-15H,2-3,8-11H2,1H3. The van der Waals surface area contributed by atoms with Gasteiger partial charge in [0.05, 0.1) is 12.6 Å². The van der Waals surface area contributed by atoms with E-state index in [-0.39, 0.29) is 0 Å². The Labute approximate surface area is 104 Å². The van der Waals surface area contributed by atoms with Crippen LogP contribution in [0.5, 0.6) is 5.75 Å². The average molecular weight is 233 g/mol. The number of unbranched alkanes of at least 4 members (excludes halogenated alkanes) is 1. The first kappa shape index (κ1) is 12.4. The van der Waals surface area contributed by atoms with Crippen LogP contribution in [0.15, 0.2) is 24.3 Å². The van der Waals surface area contributed by atoms with Crippen molar-refractivity contribution in [3.05, 3.63) is 29.8 Å². The Balaban J connectivity index is 1.88. The topological polar surface area (TPSA) is 35.4 Å². The Morgan fingerprint density at radius 1 is 1.35 bits per heavy atom. The zero-order valence-corrected chi connectivity index (χ0v) is 10.5. The van der Waals surface area contributed by atoms with E-state index >= 15 is 0 Å².